The maximum absolute atomic E-state index is 12.8. The molecule has 0 bridgehead atoms. The molecule has 1 aliphatic carbocycles. The number of benzene rings is 6. The third-order valence-electron chi connectivity index (χ3n) is 8.66. The Labute approximate surface area is 256 Å². The van der Waals surface area contributed by atoms with Crippen LogP contribution in [0.25, 0.3) is 43.1 Å². The second-order valence-electron chi connectivity index (χ2n) is 11.6. The van der Waals surface area contributed by atoms with Crippen molar-refractivity contribution < 1.29 is 14.3 Å². The molecule has 212 valence electrons. The lowest BCUT2D eigenvalue weighted by Gasteiger charge is -2.32. The van der Waals surface area contributed by atoms with Gasteiger partial charge in [-0.2, -0.15) is 0 Å². The molecule has 6 aromatic carbocycles. The Kier molecular flexibility index (Phi) is 6.79. The zero-order chi connectivity index (χ0) is 30.3. The lowest BCUT2D eigenvalue weighted by Crippen LogP contribution is -2.25. The summed E-state index contributed by atoms with van der Waals surface area (Å²) in [6.07, 6.45) is 8.96. The van der Waals surface area contributed by atoms with Gasteiger partial charge >= 0.3 is 5.97 Å². The van der Waals surface area contributed by atoms with E-state index < -0.39 is 11.4 Å². The van der Waals surface area contributed by atoms with Crippen molar-refractivity contribution in [2.75, 3.05) is 0 Å². The van der Waals surface area contributed by atoms with Crippen LogP contribution in [0.3, 0.4) is 0 Å². The summed E-state index contributed by atoms with van der Waals surface area (Å²) < 4.78 is 5.78. The van der Waals surface area contributed by atoms with E-state index in [0.29, 0.717) is 23.3 Å². The maximum Gasteiger partial charge on any atom is 0.335 e. The van der Waals surface area contributed by atoms with Gasteiger partial charge in [-0.25, -0.2) is 4.79 Å². The molecule has 3 nitrogen and oxygen atoms in total. The van der Waals surface area contributed by atoms with E-state index in [1.165, 1.54) is 38.4 Å². The molecule has 6 aromatic rings. The van der Waals surface area contributed by atoms with Crippen molar-refractivity contribution >= 4 is 54.8 Å². The van der Waals surface area contributed by atoms with E-state index in [-0.39, 0.29) is 5.78 Å². The van der Waals surface area contributed by atoms with Crippen molar-refractivity contribution in [3.8, 4) is 0 Å². The Morgan fingerprint density at radius 3 is 2.09 bits per heavy atom. The van der Waals surface area contributed by atoms with Gasteiger partial charge in [-0.1, -0.05) is 111 Å². The van der Waals surface area contributed by atoms with E-state index in [1.807, 2.05) is 24.3 Å². The lowest BCUT2D eigenvalue weighted by molar-refractivity contribution is -0.134. The highest BCUT2D eigenvalue weighted by molar-refractivity contribution is 6.15. The number of rotatable bonds is 6. The fourth-order valence-corrected chi connectivity index (χ4v) is 6.34. The average Bonchev–Trinajstić information content (AvgIpc) is 3.06. The van der Waals surface area contributed by atoms with Gasteiger partial charge in [0.25, 0.3) is 0 Å². The number of hydrogen-bond acceptors (Lipinski definition) is 3. The standard InChI is InChI=1S/C41H30O3/c1-3-40(43)44-39-26-41(2,21-20-28(39)18-19-38(42)27-10-5-4-6-11-27)37-15-9-14-31-24-35-33(25-36(31)37)17-16-32-22-29-12-7-8-13-30(29)23-34(32)35/h3-25H,1,26H2,2H3. The van der Waals surface area contributed by atoms with Gasteiger partial charge in [0.05, 0.1) is 0 Å². The van der Waals surface area contributed by atoms with Gasteiger partial charge in [0.1, 0.15) is 5.76 Å². The molecule has 3 heteroatoms. The van der Waals surface area contributed by atoms with Crippen molar-refractivity contribution in [1.29, 1.82) is 0 Å². The molecule has 0 aliphatic heterocycles. The third-order valence-corrected chi connectivity index (χ3v) is 8.66. The van der Waals surface area contributed by atoms with Crippen LogP contribution < -0.4 is 0 Å². The van der Waals surface area contributed by atoms with E-state index in [0.717, 1.165) is 22.4 Å². The van der Waals surface area contributed by atoms with Crippen LogP contribution in [-0.2, 0) is 14.9 Å². The van der Waals surface area contributed by atoms with Crippen LogP contribution in [0.5, 0.6) is 0 Å². The molecule has 0 N–H and O–H groups in total. The summed E-state index contributed by atoms with van der Waals surface area (Å²) in [4.78, 5) is 25.2. The van der Waals surface area contributed by atoms with Gasteiger partial charge in [-0.05, 0) is 85.1 Å². The number of ketones is 1. The van der Waals surface area contributed by atoms with E-state index in [4.69, 9.17) is 4.74 Å². The number of carbonyl (C=O) groups excluding carboxylic acids is 2. The summed E-state index contributed by atoms with van der Waals surface area (Å²) in [5.41, 5.74) is 1.97. The molecule has 0 fully saturated rings. The Morgan fingerprint density at radius 1 is 0.727 bits per heavy atom. The highest BCUT2D eigenvalue weighted by Crippen LogP contribution is 2.42. The highest BCUT2D eigenvalue weighted by Gasteiger charge is 2.32. The molecule has 1 atom stereocenters. The van der Waals surface area contributed by atoms with Crippen LogP contribution in [0.2, 0.25) is 0 Å². The van der Waals surface area contributed by atoms with Crippen molar-refractivity contribution in [3.63, 3.8) is 0 Å². The molecule has 0 saturated heterocycles. The summed E-state index contributed by atoms with van der Waals surface area (Å²) in [7, 11) is 0. The smallest absolute Gasteiger partial charge is 0.335 e. The normalized spacial score (nSPS) is 16.8. The molecule has 0 radical (unpaired) electrons. The van der Waals surface area contributed by atoms with Crippen LogP contribution in [0.15, 0.2) is 157 Å². The molecule has 1 aliphatic rings. The number of fused-ring (bicyclic) bond motifs is 5. The zero-order valence-electron chi connectivity index (χ0n) is 24.4. The van der Waals surface area contributed by atoms with E-state index in [1.54, 1.807) is 18.2 Å². The van der Waals surface area contributed by atoms with Gasteiger partial charge in [-0.3, -0.25) is 4.79 Å². The monoisotopic (exact) mass is 570 g/mol. The molecular formula is C41H30O3. The zero-order valence-corrected chi connectivity index (χ0v) is 24.4. The Morgan fingerprint density at radius 2 is 1.34 bits per heavy atom. The van der Waals surface area contributed by atoms with Gasteiger partial charge in [0.15, 0.2) is 5.78 Å². The van der Waals surface area contributed by atoms with Crippen molar-refractivity contribution in [3.05, 3.63) is 169 Å². The summed E-state index contributed by atoms with van der Waals surface area (Å²) in [6, 6.07) is 37.5. The summed E-state index contributed by atoms with van der Waals surface area (Å²) in [6.45, 7) is 5.74. The third kappa shape index (κ3) is 4.93. The molecule has 44 heavy (non-hydrogen) atoms. The van der Waals surface area contributed by atoms with Crippen LogP contribution in [-0.4, -0.2) is 11.8 Å². The Bertz CT molecular complexity index is 2230. The summed E-state index contributed by atoms with van der Waals surface area (Å²) in [5, 5.41) is 9.62. The number of allylic oxidation sites excluding steroid dienone is 6. The van der Waals surface area contributed by atoms with Gasteiger partial charge in [0.2, 0.25) is 0 Å². The highest BCUT2D eigenvalue weighted by atomic mass is 16.5. The van der Waals surface area contributed by atoms with E-state index in [2.05, 4.69) is 98.4 Å². The molecule has 0 heterocycles. The first kappa shape index (κ1) is 27.3. The van der Waals surface area contributed by atoms with Gasteiger partial charge in [-0.15, -0.1) is 0 Å². The molecular weight excluding hydrogens is 540 g/mol. The first-order valence-electron chi connectivity index (χ1n) is 14.7. The number of carbonyl (C=O) groups is 2. The largest absolute Gasteiger partial charge is 0.427 e. The van der Waals surface area contributed by atoms with Crippen LogP contribution in [0, 0.1) is 0 Å². The maximum atomic E-state index is 12.8. The second-order valence-corrected chi connectivity index (χ2v) is 11.6. The molecule has 0 saturated carbocycles. The molecule has 0 aromatic heterocycles. The predicted octanol–water partition coefficient (Wildman–Crippen LogP) is 9.94. The molecule has 0 spiro atoms. The predicted molar refractivity (Wildman–Crippen MR) is 181 cm³/mol. The Hall–Kier alpha value is -5.54. The van der Waals surface area contributed by atoms with Gasteiger partial charge < -0.3 is 4.74 Å². The fraction of sp³-hybridized carbons (Fsp3) is 0.0732. The van der Waals surface area contributed by atoms with Crippen molar-refractivity contribution in [1.82, 2.24) is 0 Å². The van der Waals surface area contributed by atoms with Crippen LogP contribution >= 0.6 is 0 Å². The first-order chi connectivity index (χ1) is 21.4. The van der Waals surface area contributed by atoms with Crippen LogP contribution in [0.1, 0.15) is 29.3 Å². The Balaban J connectivity index is 1.30. The van der Waals surface area contributed by atoms with E-state index in [9.17, 15) is 9.59 Å². The number of esters is 1. The quantitative estimate of drug-likeness (QED) is 0.0658. The van der Waals surface area contributed by atoms with Crippen molar-refractivity contribution in [2.24, 2.45) is 0 Å². The summed E-state index contributed by atoms with van der Waals surface area (Å²) in [5.74, 6) is -0.135. The molecule has 7 rings (SSSR count). The minimum absolute atomic E-state index is 0.115. The SMILES string of the molecule is C=CC(=O)OC1=C(C=CC(=O)c2ccccc2)C=CC(C)(c2cccc3cc4c(ccc5cc6ccccc6cc54)cc23)C1. The topological polar surface area (TPSA) is 43.4 Å². The molecule has 0 amide bonds. The molecule has 1 unspecified atom stereocenters. The average molecular weight is 571 g/mol. The lowest BCUT2D eigenvalue weighted by atomic mass is 9.73. The fourth-order valence-electron chi connectivity index (χ4n) is 6.34. The minimum Gasteiger partial charge on any atom is -0.427 e. The first-order valence-corrected chi connectivity index (χ1v) is 14.7. The van der Waals surface area contributed by atoms with Crippen molar-refractivity contribution in [2.45, 2.75) is 18.8 Å². The summed E-state index contributed by atoms with van der Waals surface area (Å²) >= 11 is 0. The minimum atomic E-state index is -0.527. The van der Waals surface area contributed by atoms with Gasteiger partial charge in [0, 0.05) is 29.0 Å². The number of hydrogen-bond donors (Lipinski definition) is 0. The second kappa shape index (κ2) is 10.9. The number of ether oxygens (including phenoxy) is 1. The van der Waals surface area contributed by atoms with Crippen LogP contribution in [0.4, 0.5) is 0 Å². The van der Waals surface area contributed by atoms with E-state index >= 15 is 0 Å².